The highest BCUT2D eigenvalue weighted by Gasteiger charge is 2.13. The molecule has 0 radical (unpaired) electrons. The predicted octanol–water partition coefficient (Wildman–Crippen LogP) is 2.25. The topological polar surface area (TPSA) is 104 Å². The highest BCUT2D eigenvalue weighted by atomic mass is 32.1. The summed E-state index contributed by atoms with van der Waals surface area (Å²) in [6, 6.07) is 10.9. The average molecular weight is 382 g/mol. The van der Waals surface area contributed by atoms with Crippen LogP contribution in [0, 0.1) is 6.92 Å². The maximum Gasteiger partial charge on any atom is 0.263 e. The molecule has 8 heteroatoms. The maximum atomic E-state index is 12.1. The van der Waals surface area contributed by atoms with Crippen molar-refractivity contribution in [2.75, 3.05) is 5.32 Å². The van der Waals surface area contributed by atoms with E-state index in [-0.39, 0.29) is 17.9 Å². The van der Waals surface area contributed by atoms with Crippen molar-refractivity contribution < 1.29 is 9.59 Å². The van der Waals surface area contributed by atoms with E-state index in [0.29, 0.717) is 17.4 Å². The second kappa shape index (κ2) is 8.41. The summed E-state index contributed by atoms with van der Waals surface area (Å²) in [5, 5.41) is 7.46. The lowest BCUT2D eigenvalue weighted by molar-refractivity contribution is -0.120. The van der Waals surface area contributed by atoms with Gasteiger partial charge in [-0.1, -0.05) is 29.8 Å². The van der Waals surface area contributed by atoms with Gasteiger partial charge >= 0.3 is 0 Å². The largest absolute Gasteiger partial charge is 0.352 e. The molecule has 2 heterocycles. The minimum atomic E-state index is -0.540. The Kier molecular flexibility index (Phi) is 5.77. The van der Waals surface area contributed by atoms with Gasteiger partial charge in [-0.3, -0.25) is 19.7 Å². The lowest BCUT2D eigenvalue weighted by Gasteiger charge is -2.04. The van der Waals surface area contributed by atoms with Crippen LogP contribution in [-0.2, 0) is 17.8 Å². The van der Waals surface area contributed by atoms with E-state index in [9.17, 15) is 14.4 Å². The first-order valence-corrected chi connectivity index (χ1v) is 9.15. The Morgan fingerprint density at radius 1 is 1.19 bits per heavy atom. The molecule has 2 amide bonds. The smallest absolute Gasteiger partial charge is 0.263 e. The van der Waals surface area contributed by atoms with Crippen LogP contribution in [0.15, 0.2) is 52.8 Å². The van der Waals surface area contributed by atoms with Crippen molar-refractivity contribution in [2.45, 2.75) is 19.9 Å². The number of aryl methyl sites for hydroxylation is 1. The molecule has 0 spiro atoms. The van der Waals surface area contributed by atoms with Gasteiger partial charge in [0.1, 0.15) is 5.56 Å². The number of aromatic amines is 1. The van der Waals surface area contributed by atoms with Crippen LogP contribution < -0.4 is 16.2 Å². The Labute approximate surface area is 159 Å². The molecule has 0 saturated heterocycles. The zero-order chi connectivity index (χ0) is 19.2. The van der Waals surface area contributed by atoms with E-state index in [1.165, 1.54) is 29.2 Å². The van der Waals surface area contributed by atoms with Gasteiger partial charge in [0.15, 0.2) is 5.13 Å². The van der Waals surface area contributed by atoms with E-state index in [0.717, 1.165) is 5.56 Å². The Morgan fingerprint density at radius 3 is 2.70 bits per heavy atom. The molecule has 3 rings (SSSR count). The predicted molar refractivity (Wildman–Crippen MR) is 104 cm³/mol. The van der Waals surface area contributed by atoms with Gasteiger partial charge < -0.3 is 10.3 Å². The van der Waals surface area contributed by atoms with Crippen LogP contribution in [0.5, 0.6) is 0 Å². The van der Waals surface area contributed by atoms with Gasteiger partial charge in [-0.15, -0.1) is 11.3 Å². The normalized spacial score (nSPS) is 10.4. The molecule has 1 aromatic carbocycles. The Morgan fingerprint density at radius 2 is 1.96 bits per heavy atom. The molecule has 0 unspecified atom stereocenters. The molecule has 3 N–H and O–H groups in total. The zero-order valence-corrected chi connectivity index (χ0v) is 15.4. The zero-order valence-electron chi connectivity index (χ0n) is 14.6. The molecule has 0 aliphatic carbocycles. The first-order valence-electron chi connectivity index (χ1n) is 8.27. The number of hydrogen-bond acceptors (Lipinski definition) is 5. The number of rotatable bonds is 6. The molecule has 2 aromatic heterocycles. The van der Waals surface area contributed by atoms with E-state index < -0.39 is 11.5 Å². The van der Waals surface area contributed by atoms with E-state index >= 15 is 0 Å². The molecule has 27 heavy (non-hydrogen) atoms. The number of H-pyrrole nitrogens is 1. The van der Waals surface area contributed by atoms with E-state index in [2.05, 4.69) is 20.6 Å². The number of carbonyl (C=O) groups excluding carboxylic acids is 2. The van der Waals surface area contributed by atoms with Gasteiger partial charge in [-0.25, -0.2) is 4.98 Å². The number of nitrogens with zero attached hydrogens (tertiary/aromatic N) is 1. The first kappa shape index (κ1) is 18.5. The van der Waals surface area contributed by atoms with Crippen molar-refractivity contribution >= 4 is 28.3 Å². The van der Waals surface area contributed by atoms with Crippen molar-refractivity contribution in [3.63, 3.8) is 0 Å². The molecule has 0 bridgehead atoms. The Bertz CT molecular complexity index is 1010. The highest BCUT2D eigenvalue weighted by Crippen LogP contribution is 2.16. The number of aromatic nitrogens is 2. The molecule has 0 aliphatic rings. The van der Waals surface area contributed by atoms with Crippen LogP contribution >= 0.6 is 11.3 Å². The lowest BCUT2D eigenvalue weighted by atomic mass is 10.1. The second-order valence-electron chi connectivity index (χ2n) is 5.95. The molecular formula is C19H18N4O3S. The number of benzene rings is 1. The monoisotopic (exact) mass is 382 g/mol. The third-order valence-electron chi connectivity index (χ3n) is 3.79. The van der Waals surface area contributed by atoms with Gasteiger partial charge in [0, 0.05) is 18.1 Å². The summed E-state index contributed by atoms with van der Waals surface area (Å²) in [4.78, 5) is 42.5. The summed E-state index contributed by atoms with van der Waals surface area (Å²) in [5.41, 5.74) is 2.28. The van der Waals surface area contributed by atoms with E-state index in [1.54, 1.807) is 11.4 Å². The standard InChI is InChI=1S/C19H18N4O3S/c1-12-4-6-13(7-5-12)10-21-16(24)9-14-11-27-19(22-14)23-18(26)15-3-2-8-20-17(15)25/h2-8,11H,9-10H2,1H3,(H,20,25)(H,21,24)(H,22,23,26). The lowest BCUT2D eigenvalue weighted by Crippen LogP contribution is -2.24. The number of hydrogen-bond donors (Lipinski definition) is 3. The third kappa shape index (κ3) is 5.11. The van der Waals surface area contributed by atoms with Gasteiger partial charge in [0.05, 0.1) is 12.1 Å². The number of nitrogens with one attached hydrogen (secondary N) is 3. The van der Waals surface area contributed by atoms with Gasteiger partial charge in [-0.2, -0.15) is 0 Å². The molecule has 0 atom stereocenters. The molecule has 138 valence electrons. The fraction of sp³-hybridized carbons (Fsp3) is 0.158. The van der Waals surface area contributed by atoms with Crippen molar-refractivity contribution in [3.8, 4) is 0 Å². The van der Waals surface area contributed by atoms with Crippen LogP contribution in [-0.4, -0.2) is 21.8 Å². The van der Waals surface area contributed by atoms with Crippen LogP contribution in [0.3, 0.4) is 0 Å². The van der Waals surface area contributed by atoms with E-state index in [1.807, 2.05) is 31.2 Å². The fourth-order valence-corrected chi connectivity index (χ4v) is 3.05. The summed E-state index contributed by atoms with van der Waals surface area (Å²) >= 11 is 1.20. The highest BCUT2D eigenvalue weighted by molar-refractivity contribution is 7.14. The van der Waals surface area contributed by atoms with Gasteiger partial charge in [-0.05, 0) is 24.6 Å². The van der Waals surface area contributed by atoms with Crippen LogP contribution in [0.1, 0.15) is 27.2 Å². The van der Waals surface area contributed by atoms with Crippen molar-refractivity contribution in [1.82, 2.24) is 15.3 Å². The number of thiazole rings is 1. The fourth-order valence-electron chi connectivity index (χ4n) is 2.34. The van der Waals surface area contributed by atoms with Crippen molar-refractivity contribution in [1.29, 1.82) is 0 Å². The van der Waals surface area contributed by atoms with Gasteiger partial charge in [0.2, 0.25) is 5.91 Å². The minimum absolute atomic E-state index is 0.00471. The molecule has 0 aliphatic heterocycles. The summed E-state index contributed by atoms with van der Waals surface area (Å²) in [6.07, 6.45) is 1.57. The SMILES string of the molecule is Cc1ccc(CNC(=O)Cc2csc(NC(=O)c3ccc[nH]c3=O)n2)cc1. The van der Waals surface area contributed by atoms with Crippen molar-refractivity contribution in [3.05, 3.63) is 80.7 Å². The third-order valence-corrected chi connectivity index (χ3v) is 4.59. The molecular weight excluding hydrogens is 364 g/mol. The molecule has 7 nitrogen and oxygen atoms in total. The Hall–Kier alpha value is -3.26. The molecule has 0 fully saturated rings. The Balaban J connectivity index is 1.53. The van der Waals surface area contributed by atoms with Crippen LogP contribution in [0.4, 0.5) is 5.13 Å². The van der Waals surface area contributed by atoms with Gasteiger partial charge in [0.25, 0.3) is 11.5 Å². The van der Waals surface area contributed by atoms with Crippen molar-refractivity contribution in [2.24, 2.45) is 0 Å². The number of amides is 2. The summed E-state index contributed by atoms with van der Waals surface area (Å²) in [7, 11) is 0. The summed E-state index contributed by atoms with van der Waals surface area (Å²) in [5.74, 6) is -0.695. The number of pyridine rings is 1. The second-order valence-corrected chi connectivity index (χ2v) is 6.81. The summed E-state index contributed by atoms with van der Waals surface area (Å²) in [6.45, 7) is 2.46. The number of anilines is 1. The maximum absolute atomic E-state index is 12.1. The van der Waals surface area contributed by atoms with Crippen LogP contribution in [0.25, 0.3) is 0 Å². The van der Waals surface area contributed by atoms with Crippen LogP contribution in [0.2, 0.25) is 0 Å². The number of carbonyl (C=O) groups is 2. The van der Waals surface area contributed by atoms with E-state index in [4.69, 9.17) is 0 Å². The molecule has 3 aromatic rings. The minimum Gasteiger partial charge on any atom is -0.352 e. The molecule has 0 saturated carbocycles. The average Bonchev–Trinajstić information content (AvgIpc) is 3.08. The quantitative estimate of drug-likeness (QED) is 0.608. The summed E-state index contributed by atoms with van der Waals surface area (Å²) < 4.78 is 0. The first-order chi connectivity index (χ1) is 13.0.